The fraction of sp³-hybridized carbons (Fsp3) is 1.00. The molecule has 1 fully saturated rings. The quantitative estimate of drug-likeness (QED) is 0.732. The van der Waals surface area contributed by atoms with Crippen LogP contribution in [-0.4, -0.2) is 18.9 Å². The van der Waals surface area contributed by atoms with Crippen molar-refractivity contribution in [3.05, 3.63) is 0 Å². The lowest BCUT2D eigenvalue weighted by Crippen LogP contribution is -2.55. The average Bonchev–Trinajstić information content (AvgIpc) is 1.90. The molecule has 0 aromatic heterocycles. The van der Waals surface area contributed by atoms with Gasteiger partial charge in [0.05, 0.1) is 0 Å². The molecule has 0 unspecified atom stereocenters. The minimum absolute atomic E-state index is 0.104. The Morgan fingerprint density at radius 1 is 1.00 bits per heavy atom. The molecule has 0 spiro atoms. The molecular formula is C8H11F6N. The van der Waals surface area contributed by atoms with E-state index in [1.165, 1.54) is 0 Å². The smallest absolute Gasteiger partial charge is 0.330 e. The zero-order chi connectivity index (χ0) is 11.9. The van der Waals surface area contributed by atoms with E-state index in [1.807, 2.05) is 0 Å². The van der Waals surface area contributed by atoms with Gasteiger partial charge in [0.25, 0.3) is 0 Å². The number of hydrogen-bond acceptors (Lipinski definition) is 1. The lowest BCUT2D eigenvalue weighted by Gasteiger charge is -2.47. The SMILES string of the molecule is NCC1(C(C(F)(F)F)C(F)(F)F)CCC1. The molecule has 1 saturated carbocycles. The van der Waals surface area contributed by atoms with E-state index >= 15 is 0 Å². The van der Waals surface area contributed by atoms with Gasteiger partial charge in [-0.15, -0.1) is 0 Å². The van der Waals surface area contributed by atoms with Gasteiger partial charge in [-0.3, -0.25) is 0 Å². The summed E-state index contributed by atoms with van der Waals surface area (Å²) < 4.78 is 74.1. The molecule has 0 aliphatic heterocycles. The number of hydrogen-bond donors (Lipinski definition) is 1. The molecule has 0 aromatic carbocycles. The van der Waals surface area contributed by atoms with Gasteiger partial charge in [-0.25, -0.2) is 0 Å². The molecule has 0 heterocycles. The van der Waals surface area contributed by atoms with Crippen LogP contribution in [0.3, 0.4) is 0 Å². The molecule has 1 aliphatic rings. The summed E-state index contributed by atoms with van der Waals surface area (Å²) in [7, 11) is 0. The second kappa shape index (κ2) is 3.54. The molecule has 0 saturated heterocycles. The highest BCUT2D eigenvalue weighted by Crippen LogP contribution is 2.57. The van der Waals surface area contributed by atoms with Crippen molar-refractivity contribution in [2.45, 2.75) is 31.6 Å². The zero-order valence-corrected chi connectivity index (χ0v) is 7.75. The molecule has 15 heavy (non-hydrogen) atoms. The van der Waals surface area contributed by atoms with Gasteiger partial charge in [-0.1, -0.05) is 6.42 Å². The van der Waals surface area contributed by atoms with Crippen molar-refractivity contribution in [3.63, 3.8) is 0 Å². The van der Waals surface area contributed by atoms with E-state index < -0.39 is 30.2 Å². The van der Waals surface area contributed by atoms with Crippen molar-refractivity contribution in [1.29, 1.82) is 0 Å². The Morgan fingerprint density at radius 3 is 1.47 bits per heavy atom. The second-order valence-corrected chi connectivity index (χ2v) is 3.94. The van der Waals surface area contributed by atoms with Gasteiger partial charge in [-0.05, 0) is 19.4 Å². The molecule has 0 radical (unpaired) electrons. The first kappa shape index (κ1) is 12.6. The van der Waals surface area contributed by atoms with Crippen molar-refractivity contribution in [2.24, 2.45) is 17.1 Å². The van der Waals surface area contributed by atoms with Gasteiger partial charge in [0.15, 0.2) is 5.92 Å². The fourth-order valence-electron chi connectivity index (χ4n) is 2.12. The first-order valence-corrected chi connectivity index (χ1v) is 4.47. The molecule has 1 nitrogen and oxygen atoms in total. The first-order valence-electron chi connectivity index (χ1n) is 4.47. The highest BCUT2D eigenvalue weighted by molar-refractivity contribution is 4.99. The topological polar surface area (TPSA) is 26.0 Å². The lowest BCUT2D eigenvalue weighted by molar-refractivity contribution is -0.324. The van der Waals surface area contributed by atoms with Crippen molar-refractivity contribution < 1.29 is 26.3 Å². The molecule has 1 aliphatic carbocycles. The highest BCUT2D eigenvalue weighted by atomic mass is 19.4. The van der Waals surface area contributed by atoms with Gasteiger partial charge in [0, 0.05) is 5.41 Å². The van der Waals surface area contributed by atoms with E-state index in [4.69, 9.17) is 5.73 Å². The van der Waals surface area contributed by atoms with E-state index in [-0.39, 0.29) is 12.8 Å². The fourth-order valence-corrected chi connectivity index (χ4v) is 2.12. The molecule has 0 atom stereocenters. The number of halogens is 6. The maximum atomic E-state index is 12.3. The number of nitrogens with two attached hydrogens (primary N) is 1. The number of rotatable bonds is 2. The van der Waals surface area contributed by atoms with E-state index in [1.54, 1.807) is 0 Å². The monoisotopic (exact) mass is 235 g/mol. The summed E-state index contributed by atoms with van der Waals surface area (Å²) in [6, 6.07) is 0. The normalized spacial score (nSPS) is 21.6. The van der Waals surface area contributed by atoms with Crippen LogP contribution in [0.15, 0.2) is 0 Å². The maximum absolute atomic E-state index is 12.3. The van der Waals surface area contributed by atoms with Crippen LogP contribution in [0.1, 0.15) is 19.3 Å². The summed E-state index contributed by atoms with van der Waals surface area (Å²) in [4.78, 5) is 0. The highest BCUT2D eigenvalue weighted by Gasteiger charge is 2.67. The van der Waals surface area contributed by atoms with Gasteiger partial charge < -0.3 is 5.73 Å². The summed E-state index contributed by atoms with van der Waals surface area (Å²) in [5.41, 5.74) is 3.24. The summed E-state index contributed by atoms with van der Waals surface area (Å²) in [5, 5.41) is 0. The van der Waals surface area contributed by atoms with E-state index in [0.717, 1.165) is 0 Å². The van der Waals surface area contributed by atoms with Crippen LogP contribution < -0.4 is 5.73 Å². The van der Waals surface area contributed by atoms with Gasteiger partial charge in [0.2, 0.25) is 0 Å². The Bertz CT molecular complexity index is 207. The van der Waals surface area contributed by atoms with Gasteiger partial charge in [0.1, 0.15) is 0 Å². The molecule has 1 rings (SSSR count). The summed E-state index contributed by atoms with van der Waals surface area (Å²) >= 11 is 0. The Balaban J connectivity index is 3.01. The third-order valence-corrected chi connectivity index (χ3v) is 3.02. The molecule has 90 valence electrons. The maximum Gasteiger partial charge on any atom is 0.401 e. The Labute approximate surface area is 82.6 Å². The molecule has 2 N–H and O–H groups in total. The summed E-state index contributed by atoms with van der Waals surface area (Å²) in [5.74, 6) is -3.28. The molecular weight excluding hydrogens is 224 g/mol. The summed E-state index contributed by atoms with van der Waals surface area (Å²) in [6.07, 6.45) is -10.4. The Kier molecular flexibility index (Phi) is 2.97. The van der Waals surface area contributed by atoms with Crippen LogP contribution in [0.4, 0.5) is 26.3 Å². The van der Waals surface area contributed by atoms with Crippen LogP contribution in [0, 0.1) is 11.3 Å². The van der Waals surface area contributed by atoms with Crippen LogP contribution in [0.5, 0.6) is 0 Å². The zero-order valence-electron chi connectivity index (χ0n) is 7.75. The van der Waals surface area contributed by atoms with E-state index in [9.17, 15) is 26.3 Å². The van der Waals surface area contributed by atoms with Crippen LogP contribution >= 0.6 is 0 Å². The largest absolute Gasteiger partial charge is 0.401 e. The third kappa shape index (κ3) is 2.21. The van der Waals surface area contributed by atoms with Gasteiger partial charge in [-0.2, -0.15) is 26.3 Å². The average molecular weight is 235 g/mol. The van der Waals surface area contributed by atoms with Crippen molar-refractivity contribution in [1.82, 2.24) is 0 Å². The van der Waals surface area contributed by atoms with E-state index in [0.29, 0.717) is 6.42 Å². The van der Waals surface area contributed by atoms with Gasteiger partial charge >= 0.3 is 12.4 Å². The molecule has 7 heteroatoms. The Morgan fingerprint density at radius 2 is 1.40 bits per heavy atom. The van der Waals surface area contributed by atoms with Crippen molar-refractivity contribution >= 4 is 0 Å². The summed E-state index contributed by atoms with van der Waals surface area (Å²) in [6.45, 7) is -0.573. The van der Waals surface area contributed by atoms with Crippen LogP contribution in [-0.2, 0) is 0 Å². The predicted molar refractivity (Wildman–Crippen MR) is 40.9 cm³/mol. The minimum Gasteiger partial charge on any atom is -0.330 e. The van der Waals surface area contributed by atoms with Crippen LogP contribution in [0.25, 0.3) is 0 Å². The molecule has 0 bridgehead atoms. The van der Waals surface area contributed by atoms with Crippen molar-refractivity contribution in [2.75, 3.05) is 6.54 Å². The first-order chi connectivity index (χ1) is 6.63. The minimum atomic E-state index is -5.27. The molecule has 0 aromatic rings. The third-order valence-electron chi connectivity index (χ3n) is 3.02. The second-order valence-electron chi connectivity index (χ2n) is 3.94. The Hall–Kier alpha value is -0.460. The molecule has 0 amide bonds. The predicted octanol–water partition coefficient (Wildman–Crippen LogP) is 2.86. The standard InChI is InChI=1S/C8H11F6N/c9-7(10,11)5(8(12,13)14)6(4-15)2-1-3-6/h5H,1-4,15H2. The van der Waals surface area contributed by atoms with Crippen LogP contribution in [0.2, 0.25) is 0 Å². The van der Waals surface area contributed by atoms with Crippen molar-refractivity contribution in [3.8, 4) is 0 Å². The van der Waals surface area contributed by atoms with E-state index in [2.05, 4.69) is 0 Å². The number of alkyl halides is 6. The lowest BCUT2D eigenvalue weighted by atomic mass is 9.60.